The van der Waals surface area contributed by atoms with Gasteiger partial charge in [0.1, 0.15) is 6.04 Å². The van der Waals surface area contributed by atoms with Crippen molar-refractivity contribution in [2.24, 2.45) is 5.92 Å². The molecule has 0 aliphatic rings. The second kappa shape index (κ2) is 8.01. The van der Waals surface area contributed by atoms with Crippen LogP contribution in [0, 0.1) is 26.7 Å². The van der Waals surface area contributed by atoms with Crippen molar-refractivity contribution in [3.8, 4) is 0 Å². The molecule has 2 amide bonds. The second-order valence-electron chi connectivity index (χ2n) is 6.77. The first-order valence-electron chi connectivity index (χ1n) is 8.48. The van der Waals surface area contributed by atoms with Gasteiger partial charge in [0.25, 0.3) is 5.91 Å². The molecular formula is C20H26N2O3. The third-order valence-corrected chi connectivity index (χ3v) is 4.26. The zero-order valence-electron chi connectivity index (χ0n) is 15.5. The Morgan fingerprint density at radius 2 is 1.76 bits per heavy atom. The number of furan rings is 1. The van der Waals surface area contributed by atoms with Gasteiger partial charge < -0.3 is 15.1 Å². The lowest BCUT2D eigenvalue weighted by molar-refractivity contribution is -0.124. The van der Waals surface area contributed by atoms with Gasteiger partial charge in [-0.2, -0.15) is 0 Å². The lowest BCUT2D eigenvalue weighted by atomic mass is 9.99. The molecule has 0 bridgehead atoms. The zero-order chi connectivity index (χ0) is 18.6. The third kappa shape index (κ3) is 4.72. The first-order chi connectivity index (χ1) is 11.8. The average Bonchev–Trinajstić information content (AvgIpc) is 3.05. The molecule has 1 atom stereocenters. The van der Waals surface area contributed by atoms with Crippen LogP contribution >= 0.6 is 0 Å². The molecule has 1 aromatic carbocycles. The van der Waals surface area contributed by atoms with Crippen molar-refractivity contribution in [3.63, 3.8) is 0 Å². The van der Waals surface area contributed by atoms with Crippen LogP contribution in [0.4, 0.5) is 0 Å². The van der Waals surface area contributed by atoms with E-state index < -0.39 is 6.04 Å². The largest absolute Gasteiger partial charge is 0.459 e. The molecule has 0 saturated heterocycles. The van der Waals surface area contributed by atoms with E-state index in [4.69, 9.17) is 4.42 Å². The van der Waals surface area contributed by atoms with Gasteiger partial charge in [-0.15, -0.1) is 0 Å². The van der Waals surface area contributed by atoms with Gasteiger partial charge in [0.15, 0.2) is 5.76 Å². The van der Waals surface area contributed by atoms with E-state index in [-0.39, 0.29) is 23.5 Å². The van der Waals surface area contributed by atoms with Gasteiger partial charge >= 0.3 is 0 Å². The summed E-state index contributed by atoms with van der Waals surface area (Å²) in [4.78, 5) is 24.8. The fourth-order valence-electron chi connectivity index (χ4n) is 2.93. The molecule has 2 aromatic rings. The summed E-state index contributed by atoms with van der Waals surface area (Å²) in [6.07, 6.45) is 1.43. The molecule has 134 valence electrons. The Morgan fingerprint density at radius 3 is 2.28 bits per heavy atom. The van der Waals surface area contributed by atoms with Crippen molar-refractivity contribution in [3.05, 3.63) is 58.5 Å². The molecule has 1 heterocycles. The topological polar surface area (TPSA) is 71.3 Å². The molecule has 5 nitrogen and oxygen atoms in total. The van der Waals surface area contributed by atoms with Crippen molar-refractivity contribution in [1.29, 1.82) is 0 Å². The molecular weight excluding hydrogens is 316 g/mol. The molecule has 0 radical (unpaired) electrons. The summed E-state index contributed by atoms with van der Waals surface area (Å²) < 4.78 is 5.08. The van der Waals surface area contributed by atoms with Crippen molar-refractivity contribution in [2.75, 3.05) is 0 Å². The van der Waals surface area contributed by atoms with Crippen LogP contribution < -0.4 is 10.6 Å². The zero-order valence-corrected chi connectivity index (χ0v) is 15.5. The molecule has 25 heavy (non-hydrogen) atoms. The van der Waals surface area contributed by atoms with Crippen LogP contribution in [0.3, 0.4) is 0 Å². The van der Waals surface area contributed by atoms with Crippen molar-refractivity contribution in [1.82, 2.24) is 10.6 Å². The normalized spacial score (nSPS) is 12.1. The standard InChI is InChI=1S/C20H26N2O3/c1-12(2)18(22-19(23)17-7-6-8-25-17)20(24)21-11-16-14(4)9-13(3)10-15(16)5/h6-10,12,18H,11H2,1-5H3,(H,21,24)(H,22,23). The number of nitrogens with one attached hydrogen (secondary N) is 2. The minimum atomic E-state index is -0.622. The number of rotatable bonds is 6. The highest BCUT2D eigenvalue weighted by molar-refractivity contribution is 5.95. The van der Waals surface area contributed by atoms with Gasteiger partial charge in [-0.25, -0.2) is 0 Å². The first kappa shape index (κ1) is 18.8. The van der Waals surface area contributed by atoms with Crippen LogP contribution in [0.15, 0.2) is 34.9 Å². The summed E-state index contributed by atoms with van der Waals surface area (Å²) in [6, 6.07) is 6.80. The summed E-state index contributed by atoms with van der Waals surface area (Å²) in [7, 11) is 0. The number of aryl methyl sites for hydroxylation is 3. The highest BCUT2D eigenvalue weighted by Gasteiger charge is 2.25. The Labute approximate surface area is 148 Å². The summed E-state index contributed by atoms with van der Waals surface area (Å²) in [5, 5.41) is 5.70. The minimum Gasteiger partial charge on any atom is -0.459 e. The van der Waals surface area contributed by atoms with Gasteiger partial charge in [-0.3, -0.25) is 9.59 Å². The van der Waals surface area contributed by atoms with Crippen LogP contribution in [0.1, 0.15) is 46.7 Å². The van der Waals surface area contributed by atoms with E-state index >= 15 is 0 Å². The van der Waals surface area contributed by atoms with E-state index in [9.17, 15) is 9.59 Å². The summed E-state index contributed by atoms with van der Waals surface area (Å²) in [5.74, 6) is -0.432. The Hall–Kier alpha value is -2.56. The molecule has 1 aromatic heterocycles. The average molecular weight is 342 g/mol. The van der Waals surface area contributed by atoms with Crippen LogP contribution in [0.2, 0.25) is 0 Å². The fourth-order valence-corrected chi connectivity index (χ4v) is 2.93. The molecule has 2 N–H and O–H groups in total. The molecule has 5 heteroatoms. The van der Waals surface area contributed by atoms with Crippen LogP contribution in [0.25, 0.3) is 0 Å². The van der Waals surface area contributed by atoms with Crippen molar-refractivity contribution in [2.45, 2.75) is 47.2 Å². The van der Waals surface area contributed by atoms with Crippen LogP contribution in [0.5, 0.6) is 0 Å². The Morgan fingerprint density at radius 1 is 1.12 bits per heavy atom. The third-order valence-electron chi connectivity index (χ3n) is 4.26. The second-order valence-corrected chi connectivity index (χ2v) is 6.77. The summed E-state index contributed by atoms with van der Waals surface area (Å²) >= 11 is 0. The van der Waals surface area contributed by atoms with Crippen LogP contribution in [-0.4, -0.2) is 17.9 Å². The highest BCUT2D eigenvalue weighted by atomic mass is 16.3. The summed E-state index contributed by atoms with van der Waals surface area (Å²) in [5.41, 5.74) is 4.62. The monoisotopic (exact) mass is 342 g/mol. The Balaban J connectivity index is 2.05. The van der Waals surface area contributed by atoms with E-state index in [1.54, 1.807) is 12.1 Å². The SMILES string of the molecule is Cc1cc(C)c(CNC(=O)C(NC(=O)c2ccco2)C(C)C)c(C)c1. The van der Waals surface area contributed by atoms with E-state index in [2.05, 4.69) is 29.7 Å². The summed E-state index contributed by atoms with van der Waals surface area (Å²) in [6.45, 7) is 10.4. The lowest BCUT2D eigenvalue weighted by Crippen LogP contribution is -2.49. The van der Waals surface area contributed by atoms with Gasteiger partial charge in [0, 0.05) is 6.54 Å². The predicted octanol–water partition coefficient (Wildman–Crippen LogP) is 3.28. The maximum atomic E-state index is 12.6. The Kier molecular flexibility index (Phi) is 6.02. The van der Waals surface area contributed by atoms with Gasteiger partial charge in [-0.1, -0.05) is 31.5 Å². The maximum Gasteiger partial charge on any atom is 0.287 e. The van der Waals surface area contributed by atoms with Crippen molar-refractivity contribution < 1.29 is 14.0 Å². The van der Waals surface area contributed by atoms with E-state index in [0.717, 1.165) is 16.7 Å². The molecule has 1 unspecified atom stereocenters. The molecule has 0 aliphatic carbocycles. The number of carbonyl (C=O) groups is 2. The fraction of sp³-hybridized carbons (Fsp3) is 0.400. The van der Waals surface area contributed by atoms with Gasteiger partial charge in [0.05, 0.1) is 6.26 Å². The number of carbonyl (C=O) groups excluding carboxylic acids is 2. The highest BCUT2D eigenvalue weighted by Crippen LogP contribution is 2.16. The molecule has 2 rings (SSSR count). The van der Waals surface area contributed by atoms with Crippen LogP contribution in [-0.2, 0) is 11.3 Å². The number of amides is 2. The molecule has 0 fully saturated rings. The molecule has 0 spiro atoms. The minimum absolute atomic E-state index is 0.0425. The number of hydrogen-bond acceptors (Lipinski definition) is 3. The van der Waals surface area contributed by atoms with E-state index in [1.165, 1.54) is 11.8 Å². The van der Waals surface area contributed by atoms with Gasteiger partial charge in [-0.05, 0) is 55.5 Å². The number of hydrogen-bond donors (Lipinski definition) is 2. The van der Waals surface area contributed by atoms with Crippen molar-refractivity contribution >= 4 is 11.8 Å². The van der Waals surface area contributed by atoms with E-state index in [0.29, 0.717) is 6.54 Å². The maximum absolute atomic E-state index is 12.6. The predicted molar refractivity (Wildman–Crippen MR) is 97.3 cm³/mol. The first-order valence-corrected chi connectivity index (χ1v) is 8.48. The molecule has 0 aliphatic heterocycles. The van der Waals surface area contributed by atoms with Gasteiger partial charge in [0.2, 0.25) is 5.91 Å². The Bertz CT molecular complexity index is 725. The lowest BCUT2D eigenvalue weighted by Gasteiger charge is -2.22. The molecule has 0 saturated carbocycles. The number of benzene rings is 1. The van der Waals surface area contributed by atoms with E-state index in [1.807, 2.05) is 27.7 Å². The smallest absolute Gasteiger partial charge is 0.287 e. The quantitative estimate of drug-likeness (QED) is 0.846.